The fourth-order valence-corrected chi connectivity index (χ4v) is 3.80. The number of piperidine rings is 1. The molecule has 1 aliphatic heterocycles. The molecule has 0 aliphatic carbocycles. The number of carbonyl (C=O) groups is 1. The van der Waals surface area contributed by atoms with Gasteiger partial charge in [0.05, 0.1) is 0 Å². The average Bonchev–Trinajstić information content (AvgIpc) is 2.62. The van der Waals surface area contributed by atoms with E-state index in [0.717, 1.165) is 25.9 Å². The van der Waals surface area contributed by atoms with E-state index in [1.807, 2.05) is 12.1 Å². The van der Waals surface area contributed by atoms with E-state index in [-0.39, 0.29) is 17.6 Å². The Hall–Kier alpha value is -2.24. The quantitative estimate of drug-likeness (QED) is 0.883. The van der Waals surface area contributed by atoms with Gasteiger partial charge in [-0.1, -0.05) is 24.3 Å². The van der Waals surface area contributed by atoms with Crippen LogP contribution in [-0.2, 0) is 10.4 Å². The third-order valence-electron chi connectivity index (χ3n) is 5.22. The third kappa shape index (κ3) is 3.79. The lowest BCUT2D eigenvalue weighted by atomic mass is 9.72. The molecule has 1 heterocycles. The number of nitrogens with one attached hydrogen (secondary N) is 1. The molecule has 1 amide bonds. The Kier molecular flexibility index (Phi) is 5.39. The molecule has 0 saturated carbocycles. The minimum absolute atomic E-state index is 0.00730. The predicted molar refractivity (Wildman–Crippen MR) is 100 cm³/mol. The molecule has 2 aromatic rings. The van der Waals surface area contributed by atoms with Crippen molar-refractivity contribution in [3.8, 4) is 0 Å². The molecule has 138 valence electrons. The molecule has 1 aliphatic rings. The first-order valence-corrected chi connectivity index (χ1v) is 8.94. The molecule has 0 bridgehead atoms. The highest BCUT2D eigenvalue weighted by atomic mass is 19.1. The smallest absolute Gasteiger partial charge is 0.221 e. The zero-order valence-electron chi connectivity index (χ0n) is 15.2. The van der Waals surface area contributed by atoms with Gasteiger partial charge in [0.1, 0.15) is 11.4 Å². The van der Waals surface area contributed by atoms with Gasteiger partial charge < -0.3 is 15.3 Å². The van der Waals surface area contributed by atoms with Crippen LogP contribution in [0.25, 0.3) is 0 Å². The Morgan fingerprint density at radius 2 is 1.81 bits per heavy atom. The monoisotopic (exact) mass is 356 g/mol. The largest absolute Gasteiger partial charge is 0.380 e. The highest BCUT2D eigenvalue weighted by Crippen LogP contribution is 2.42. The van der Waals surface area contributed by atoms with Crippen LogP contribution in [-0.4, -0.2) is 36.1 Å². The first kappa shape index (κ1) is 18.5. The molecule has 1 unspecified atom stereocenters. The number of halogens is 1. The number of rotatable bonds is 4. The highest BCUT2D eigenvalue weighted by Gasteiger charge is 2.41. The molecular formula is C21H25FN2O2. The summed E-state index contributed by atoms with van der Waals surface area (Å²) >= 11 is 0. The Balaban J connectivity index is 2.01. The molecule has 26 heavy (non-hydrogen) atoms. The molecule has 5 heteroatoms. The normalized spacial score (nSPS) is 18.3. The molecule has 2 aromatic carbocycles. The Morgan fingerprint density at radius 3 is 2.38 bits per heavy atom. The highest BCUT2D eigenvalue weighted by molar-refractivity contribution is 5.88. The first-order chi connectivity index (χ1) is 12.4. The van der Waals surface area contributed by atoms with Gasteiger partial charge in [-0.3, -0.25) is 4.79 Å². The van der Waals surface area contributed by atoms with Crippen LogP contribution in [0.2, 0.25) is 0 Å². The van der Waals surface area contributed by atoms with E-state index in [9.17, 15) is 14.3 Å². The zero-order chi connectivity index (χ0) is 18.7. The van der Waals surface area contributed by atoms with Crippen LogP contribution < -0.4 is 5.32 Å². The van der Waals surface area contributed by atoms with Crippen molar-refractivity contribution in [2.24, 2.45) is 5.92 Å². The van der Waals surface area contributed by atoms with E-state index >= 15 is 0 Å². The maximum Gasteiger partial charge on any atom is 0.221 e. The Morgan fingerprint density at radius 1 is 1.15 bits per heavy atom. The van der Waals surface area contributed by atoms with E-state index in [1.165, 1.54) is 19.1 Å². The number of amides is 1. The van der Waals surface area contributed by atoms with E-state index in [2.05, 4.69) is 17.3 Å². The van der Waals surface area contributed by atoms with Crippen molar-refractivity contribution in [2.45, 2.75) is 25.4 Å². The lowest BCUT2D eigenvalue weighted by Crippen LogP contribution is -2.43. The number of hydrogen-bond donors (Lipinski definition) is 2. The van der Waals surface area contributed by atoms with Crippen molar-refractivity contribution >= 4 is 11.6 Å². The summed E-state index contributed by atoms with van der Waals surface area (Å²) in [4.78, 5) is 13.5. The van der Waals surface area contributed by atoms with Crippen LogP contribution in [0.1, 0.15) is 30.9 Å². The van der Waals surface area contributed by atoms with Crippen molar-refractivity contribution < 1.29 is 14.3 Å². The van der Waals surface area contributed by atoms with Crippen LogP contribution in [0.3, 0.4) is 0 Å². The van der Waals surface area contributed by atoms with Gasteiger partial charge in [0.2, 0.25) is 5.91 Å². The number of benzene rings is 2. The number of nitrogens with zero attached hydrogens (tertiary/aromatic N) is 1. The number of anilines is 1. The summed E-state index contributed by atoms with van der Waals surface area (Å²) in [7, 11) is 2.07. The molecular weight excluding hydrogens is 331 g/mol. The van der Waals surface area contributed by atoms with Crippen molar-refractivity contribution in [1.82, 2.24) is 4.90 Å². The van der Waals surface area contributed by atoms with E-state index in [1.54, 1.807) is 24.3 Å². The maximum atomic E-state index is 13.9. The van der Waals surface area contributed by atoms with Crippen molar-refractivity contribution in [2.75, 3.05) is 25.5 Å². The summed E-state index contributed by atoms with van der Waals surface area (Å²) in [5.74, 6) is -0.510. The van der Waals surface area contributed by atoms with Crippen LogP contribution in [0.15, 0.2) is 48.5 Å². The number of carbonyl (C=O) groups excluding carboxylic acids is 1. The van der Waals surface area contributed by atoms with Gasteiger partial charge in [0.15, 0.2) is 0 Å². The molecule has 2 N–H and O–H groups in total. The molecule has 0 radical (unpaired) electrons. The second-order valence-electron chi connectivity index (χ2n) is 7.11. The predicted octanol–water partition coefficient (Wildman–Crippen LogP) is 3.36. The minimum atomic E-state index is -1.27. The lowest BCUT2D eigenvalue weighted by molar-refractivity contribution is -0.114. The molecule has 1 saturated heterocycles. The van der Waals surface area contributed by atoms with Gasteiger partial charge in [-0.2, -0.15) is 0 Å². The van der Waals surface area contributed by atoms with Gasteiger partial charge in [0, 0.05) is 12.6 Å². The fraction of sp³-hybridized carbons (Fsp3) is 0.381. The second kappa shape index (κ2) is 7.56. The van der Waals surface area contributed by atoms with Gasteiger partial charge in [-0.15, -0.1) is 0 Å². The summed E-state index contributed by atoms with van der Waals surface area (Å²) in [6.07, 6.45) is 1.66. The SMILES string of the molecule is CC(=O)Nc1ccc(C(O)(c2cccc(F)c2)C2CCN(C)CC2)cc1. The molecule has 1 fully saturated rings. The topological polar surface area (TPSA) is 52.6 Å². The number of likely N-dealkylation sites (tertiary alicyclic amines) is 1. The third-order valence-corrected chi connectivity index (χ3v) is 5.22. The lowest BCUT2D eigenvalue weighted by Gasteiger charge is -2.41. The summed E-state index contributed by atoms with van der Waals surface area (Å²) in [5.41, 5.74) is 0.690. The van der Waals surface area contributed by atoms with Crippen LogP contribution >= 0.6 is 0 Å². The number of aliphatic hydroxyl groups is 1. The summed E-state index contributed by atoms with van der Waals surface area (Å²) in [6.45, 7) is 3.24. The molecule has 3 rings (SSSR count). The fourth-order valence-electron chi connectivity index (χ4n) is 3.80. The van der Waals surface area contributed by atoms with Gasteiger partial charge >= 0.3 is 0 Å². The molecule has 0 aromatic heterocycles. The standard InChI is InChI=1S/C21H25FN2O2/c1-15(25)23-20-8-6-16(7-9-20)21(26,17-10-12-24(2)13-11-17)18-4-3-5-19(22)14-18/h3-9,14,17,26H,10-13H2,1-2H3,(H,23,25). The van der Waals surface area contributed by atoms with Crippen LogP contribution in [0.5, 0.6) is 0 Å². The molecule has 4 nitrogen and oxygen atoms in total. The van der Waals surface area contributed by atoms with Gasteiger partial charge in [-0.25, -0.2) is 4.39 Å². The summed E-state index contributed by atoms with van der Waals surface area (Å²) in [5, 5.41) is 14.5. The summed E-state index contributed by atoms with van der Waals surface area (Å²) < 4.78 is 13.9. The average molecular weight is 356 g/mol. The molecule has 1 atom stereocenters. The van der Waals surface area contributed by atoms with Crippen molar-refractivity contribution in [3.05, 3.63) is 65.5 Å². The van der Waals surface area contributed by atoms with Crippen molar-refractivity contribution in [1.29, 1.82) is 0 Å². The number of hydrogen-bond acceptors (Lipinski definition) is 3. The maximum absolute atomic E-state index is 13.9. The van der Waals surface area contributed by atoms with Crippen molar-refractivity contribution in [3.63, 3.8) is 0 Å². The van der Waals surface area contributed by atoms with Gasteiger partial charge in [0.25, 0.3) is 0 Å². The van der Waals surface area contributed by atoms with Crippen LogP contribution in [0, 0.1) is 11.7 Å². The summed E-state index contributed by atoms with van der Waals surface area (Å²) in [6, 6.07) is 13.4. The zero-order valence-corrected chi connectivity index (χ0v) is 15.2. The van der Waals surface area contributed by atoms with E-state index in [0.29, 0.717) is 16.8 Å². The second-order valence-corrected chi connectivity index (χ2v) is 7.11. The van der Waals surface area contributed by atoms with E-state index < -0.39 is 5.60 Å². The minimum Gasteiger partial charge on any atom is -0.380 e. The van der Waals surface area contributed by atoms with Crippen LogP contribution in [0.4, 0.5) is 10.1 Å². The van der Waals surface area contributed by atoms with E-state index in [4.69, 9.17) is 0 Å². The van der Waals surface area contributed by atoms with Gasteiger partial charge in [-0.05, 0) is 74.3 Å². The molecule has 0 spiro atoms. The Labute approximate surface area is 153 Å². The Bertz CT molecular complexity index is 770. The first-order valence-electron chi connectivity index (χ1n) is 8.94.